The Labute approximate surface area is 176 Å². The van der Waals surface area contributed by atoms with E-state index in [-0.39, 0.29) is 42.6 Å². The smallest absolute Gasteiger partial charge is 0.481 e. The Hall–Kier alpha value is -1.74. The van der Waals surface area contributed by atoms with Gasteiger partial charge in [0.2, 0.25) is 0 Å². The molecule has 0 aliphatic heterocycles. The Morgan fingerprint density at radius 2 is 2.00 bits per heavy atom. The second kappa shape index (κ2) is 9.82. The van der Waals surface area contributed by atoms with Crippen LogP contribution in [0.25, 0.3) is 22.6 Å². The number of benzene rings is 1. The molecule has 3 aromatic rings. The fourth-order valence-electron chi connectivity index (χ4n) is 2.48. The zero-order valence-corrected chi connectivity index (χ0v) is 17.2. The molecule has 3 rings (SSSR count). The number of nitrogens with zero attached hydrogens (tertiary/aromatic N) is 3. The Balaban J connectivity index is 0.00000243. The number of carbonyl (C=O) groups excluding carboxylic acids is 1. The predicted molar refractivity (Wildman–Crippen MR) is 93.7 cm³/mol. The van der Waals surface area contributed by atoms with E-state index in [1.807, 2.05) is 29.6 Å². The monoisotopic (exact) mass is 382 g/mol. The molecule has 0 atom stereocenters. The molecule has 0 radical (unpaired) electrons. The molecule has 0 aliphatic rings. The largest absolute Gasteiger partial charge is 1.00 e. The van der Waals surface area contributed by atoms with Gasteiger partial charge in [0.05, 0.1) is 23.2 Å². The van der Waals surface area contributed by atoms with Gasteiger partial charge in [-0.25, -0.2) is 19.3 Å². The first-order valence-corrected chi connectivity index (χ1v) is 8.86. The van der Waals surface area contributed by atoms with Gasteiger partial charge >= 0.3 is 41.6 Å². The molecule has 1 N–H and O–H groups in total. The molecule has 0 saturated heterocycles. The summed E-state index contributed by atoms with van der Waals surface area (Å²) in [6, 6.07) is 7.34. The first-order valence-electron chi connectivity index (χ1n) is 7.92. The minimum atomic E-state index is -0.810. The number of hydrogen-bond donors (Lipinski definition) is 1. The van der Waals surface area contributed by atoms with Crippen molar-refractivity contribution in [3.63, 3.8) is 0 Å². The Kier molecular flexibility index (Phi) is 7.77. The van der Waals surface area contributed by atoms with Gasteiger partial charge in [-0.05, 0) is 31.4 Å². The van der Waals surface area contributed by atoms with Crippen molar-refractivity contribution in [3.05, 3.63) is 35.2 Å². The third kappa shape index (κ3) is 4.91. The number of ether oxygens (including phenoxy) is 1. The first-order chi connectivity index (χ1) is 12.2. The van der Waals surface area contributed by atoms with Crippen LogP contribution in [-0.4, -0.2) is 38.3 Å². The van der Waals surface area contributed by atoms with E-state index in [0.29, 0.717) is 41.8 Å². The molecule has 130 valence electrons. The minimum Gasteiger partial charge on any atom is -0.481 e. The number of hydrogen-bond acceptors (Lipinski definition) is 6. The normalized spacial score (nSPS) is 10.5. The van der Waals surface area contributed by atoms with Crippen LogP contribution in [0.1, 0.15) is 25.7 Å². The SMILES string of the molecule is O=C(O)CCCCCOC(=O)n1c(-c2cscn2)nc2ccccc21.[Na+]. The molecular weight excluding hydrogens is 365 g/mol. The van der Waals surface area contributed by atoms with Crippen molar-refractivity contribution in [2.45, 2.75) is 25.7 Å². The summed E-state index contributed by atoms with van der Waals surface area (Å²) in [6.07, 6.45) is 1.52. The van der Waals surface area contributed by atoms with E-state index in [1.165, 1.54) is 15.9 Å². The van der Waals surface area contributed by atoms with Crippen molar-refractivity contribution in [1.29, 1.82) is 0 Å². The van der Waals surface area contributed by atoms with Crippen LogP contribution in [0.5, 0.6) is 0 Å². The quantitative estimate of drug-likeness (QED) is 0.480. The summed E-state index contributed by atoms with van der Waals surface area (Å²) >= 11 is 1.43. The topological polar surface area (TPSA) is 94.3 Å². The van der Waals surface area contributed by atoms with E-state index in [0.717, 1.165) is 0 Å². The van der Waals surface area contributed by atoms with Crippen molar-refractivity contribution in [2.75, 3.05) is 6.61 Å². The van der Waals surface area contributed by atoms with Crippen molar-refractivity contribution in [1.82, 2.24) is 14.5 Å². The summed E-state index contributed by atoms with van der Waals surface area (Å²) in [7, 11) is 0. The fourth-order valence-corrected chi connectivity index (χ4v) is 3.02. The van der Waals surface area contributed by atoms with E-state index in [1.54, 1.807) is 5.51 Å². The van der Waals surface area contributed by atoms with Crippen LogP contribution in [0, 0.1) is 0 Å². The van der Waals surface area contributed by atoms with Crippen molar-refractivity contribution >= 4 is 34.4 Å². The number of carbonyl (C=O) groups is 2. The van der Waals surface area contributed by atoms with Crippen LogP contribution in [-0.2, 0) is 9.53 Å². The average molecular weight is 382 g/mol. The third-order valence-electron chi connectivity index (χ3n) is 3.67. The standard InChI is InChI=1S/C17H17N3O4S.Na/c21-15(22)8-2-1-5-9-24-17(23)20-14-7-4-3-6-12(14)19-16(20)13-10-25-11-18-13;/h3-4,6-7,10-11H,1-2,5,8-9H2,(H,21,22);/q;+1. The maximum absolute atomic E-state index is 12.6. The number of carboxylic acid groups (broad SMARTS) is 1. The number of aromatic nitrogens is 3. The Morgan fingerprint density at radius 3 is 2.73 bits per heavy atom. The van der Waals surface area contributed by atoms with Crippen LogP contribution >= 0.6 is 11.3 Å². The van der Waals surface area contributed by atoms with Gasteiger partial charge in [-0.15, -0.1) is 11.3 Å². The molecule has 0 saturated carbocycles. The summed E-state index contributed by atoms with van der Waals surface area (Å²) in [6.45, 7) is 0.238. The summed E-state index contributed by atoms with van der Waals surface area (Å²) in [5.74, 6) is -0.354. The molecule has 0 unspecified atom stereocenters. The summed E-state index contributed by atoms with van der Waals surface area (Å²) in [5, 5.41) is 10.4. The maximum atomic E-state index is 12.6. The second-order valence-corrected chi connectivity index (χ2v) is 6.17. The number of unbranched alkanes of at least 4 members (excludes halogenated alkanes) is 2. The fraction of sp³-hybridized carbons (Fsp3) is 0.294. The van der Waals surface area contributed by atoms with Gasteiger partial charge < -0.3 is 9.84 Å². The number of rotatable bonds is 7. The van der Waals surface area contributed by atoms with Gasteiger partial charge in [-0.3, -0.25) is 4.79 Å². The number of thiazole rings is 1. The van der Waals surface area contributed by atoms with Gasteiger partial charge in [0.15, 0.2) is 5.82 Å². The van der Waals surface area contributed by atoms with E-state index in [9.17, 15) is 9.59 Å². The average Bonchev–Trinajstić information content (AvgIpc) is 3.24. The molecule has 2 aromatic heterocycles. The summed E-state index contributed by atoms with van der Waals surface area (Å²) in [4.78, 5) is 31.8. The number of imidazole rings is 1. The molecular formula is C17H17N3NaO4S+. The van der Waals surface area contributed by atoms with Crippen LogP contribution in [0.15, 0.2) is 35.2 Å². The third-order valence-corrected chi connectivity index (χ3v) is 4.25. The number of fused-ring (bicyclic) bond motifs is 1. The molecule has 2 heterocycles. The molecule has 26 heavy (non-hydrogen) atoms. The number of carboxylic acids is 1. The van der Waals surface area contributed by atoms with E-state index in [2.05, 4.69) is 9.97 Å². The first kappa shape index (κ1) is 20.6. The second-order valence-electron chi connectivity index (χ2n) is 5.45. The van der Waals surface area contributed by atoms with E-state index >= 15 is 0 Å². The Bertz CT molecular complexity index is 879. The van der Waals surface area contributed by atoms with Gasteiger partial charge in [0.25, 0.3) is 0 Å². The minimum absolute atomic E-state index is 0. The summed E-state index contributed by atoms with van der Waals surface area (Å²) < 4.78 is 6.78. The van der Waals surface area contributed by atoms with E-state index in [4.69, 9.17) is 9.84 Å². The van der Waals surface area contributed by atoms with Crippen LogP contribution in [0.2, 0.25) is 0 Å². The van der Waals surface area contributed by atoms with Gasteiger partial charge in [-0.2, -0.15) is 0 Å². The molecule has 0 amide bonds. The van der Waals surface area contributed by atoms with Gasteiger partial charge in [0.1, 0.15) is 5.69 Å². The van der Waals surface area contributed by atoms with Crippen LogP contribution in [0.3, 0.4) is 0 Å². The van der Waals surface area contributed by atoms with Gasteiger partial charge in [-0.1, -0.05) is 12.1 Å². The molecule has 1 aromatic carbocycles. The predicted octanol–water partition coefficient (Wildman–Crippen LogP) is 0.793. The molecule has 0 aliphatic carbocycles. The maximum Gasteiger partial charge on any atom is 1.00 e. The number of para-hydroxylation sites is 2. The molecule has 9 heteroatoms. The summed E-state index contributed by atoms with van der Waals surface area (Å²) in [5.41, 5.74) is 3.68. The van der Waals surface area contributed by atoms with Crippen molar-refractivity contribution in [2.24, 2.45) is 0 Å². The van der Waals surface area contributed by atoms with Crippen LogP contribution in [0.4, 0.5) is 4.79 Å². The van der Waals surface area contributed by atoms with Crippen LogP contribution < -0.4 is 29.6 Å². The van der Waals surface area contributed by atoms with Crippen molar-refractivity contribution in [3.8, 4) is 11.5 Å². The molecule has 7 nitrogen and oxygen atoms in total. The zero-order chi connectivity index (χ0) is 17.6. The van der Waals surface area contributed by atoms with Crippen molar-refractivity contribution < 1.29 is 49.0 Å². The molecule has 0 spiro atoms. The van der Waals surface area contributed by atoms with E-state index < -0.39 is 12.1 Å². The molecule has 0 fully saturated rings. The van der Waals surface area contributed by atoms with Gasteiger partial charge in [0, 0.05) is 11.8 Å². The Morgan fingerprint density at radius 1 is 1.19 bits per heavy atom. The number of aliphatic carboxylic acids is 1. The molecule has 0 bridgehead atoms. The zero-order valence-electron chi connectivity index (χ0n) is 14.4.